The fourth-order valence-electron chi connectivity index (χ4n) is 1.39. The Morgan fingerprint density at radius 3 is 2.76 bits per heavy atom. The van der Waals surface area contributed by atoms with E-state index in [1.807, 2.05) is 18.2 Å². The van der Waals surface area contributed by atoms with Gasteiger partial charge < -0.3 is 15.8 Å². The summed E-state index contributed by atoms with van der Waals surface area (Å²) in [5.74, 6) is 0. The molecule has 0 aliphatic rings. The van der Waals surface area contributed by atoms with Crippen LogP contribution in [-0.2, 0) is 4.74 Å². The van der Waals surface area contributed by atoms with Gasteiger partial charge in [-0.25, -0.2) is 0 Å². The van der Waals surface area contributed by atoms with Crippen molar-refractivity contribution in [1.82, 2.24) is 0 Å². The maximum absolute atomic E-state index is 5.92. The number of nitrogens with one attached hydrogen (secondary N) is 1. The third-order valence-corrected chi connectivity index (χ3v) is 2.76. The summed E-state index contributed by atoms with van der Waals surface area (Å²) in [6.45, 7) is 4.71. The monoisotopic (exact) mass is 256 g/mol. The van der Waals surface area contributed by atoms with Crippen LogP contribution in [0.5, 0.6) is 0 Å². The van der Waals surface area contributed by atoms with E-state index in [9.17, 15) is 0 Å². The highest BCUT2D eigenvalue weighted by Gasteiger charge is 1.97. The number of nitrogen functional groups attached to an aromatic ring is 1. The molecule has 1 rings (SSSR count). The van der Waals surface area contributed by atoms with Crippen LogP contribution in [0, 0.1) is 0 Å². The molecule has 0 bridgehead atoms. The maximum atomic E-state index is 5.92. The fraction of sp³-hybridized carbons (Fsp3) is 0.538. The minimum Gasteiger partial charge on any atom is -0.398 e. The molecule has 0 aromatic heterocycles. The smallest absolute Gasteiger partial charge is 0.0655 e. The standard InChI is InChI=1S/C13H21ClN2O/c1-2-3-8-17-9-4-7-16-11-5-6-13(15)12(14)10-11/h5-6,10,16H,2-4,7-9,15H2,1H3. The SMILES string of the molecule is CCCCOCCCNc1ccc(N)c(Cl)c1. The van der Waals surface area contributed by atoms with Crippen molar-refractivity contribution in [1.29, 1.82) is 0 Å². The van der Waals surface area contributed by atoms with E-state index >= 15 is 0 Å². The van der Waals surface area contributed by atoms with E-state index in [1.54, 1.807) is 0 Å². The van der Waals surface area contributed by atoms with E-state index < -0.39 is 0 Å². The van der Waals surface area contributed by atoms with Gasteiger partial charge in [0.05, 0.1) is 10.7 Å². The fourth-order valence-corrected chi connectivity index (χ4v) is 1.57. The lowest BCUT2D eigenvalue weighted by Crippen LogP contribution is -2.06. The van der Waals surface area contributed by atoms with Gasteiger partial charge in [0, 0.05) is 25.4 Å². The van der Waals surface area contributed by atoms with Gasteiger partial charge >= 0.3 is 0 Å². The number of nitrogens with two attached hydrogens (primary N) is 1. The average Bonchev–Trinajstić information content (AvgIpc) is 2.32. The normalized spacial score (nSPS) is 10.5. The highest BCUT2D eigenvalue weighted by atomic mass is 35.5. The summed E-state index contributed by atoms with van der Waals surface area (Å²) in [4.78, 5) is 0. The summed E-state index contributed by atoms with van der Waals surface area (Å²) < 4.78 is 5.47. The molecule has 96 valence electrons. The Hall–Kier alpha value is -0.930. The summed E-state index contributed by atoms with van der Waals surface area (Å²) in [5, 5.41) is 3.88. The van der Waals surface area contributed by atoms with Crippen LogP contribution >= 0.6 is 11.6 Å². The van der Waals surface area contributed by atoms with Crippen LogP contribution in [0.4, 0.5) is 11.4 Å². The van der Waals surface area contributed by atoms with Crippen LogP contribution < -0.4 is 11.1 Å². The molecule has 3 N–H and O–H groups in total. The van der Waals surface area contributed by atoms with Gasteiger partial charge in [-0.05, 0) is 31.0 Å². The lowest BCUT2D eigenvalue weighted by molar-refractivity contribution is 0.131. The number of hydrogen-bond donors (Lipinski definition) is 2. The van der Waals surface area contributed by atoms with Crippen LogP contribution in [-0.4, -0.2) is 19.8 Å². The summed E-state index contributed by atoms with van der Waals surface area (Å²) >= 11 is 5.92. The van der Waals surface area contributed by atoms with E-state index in [2.05, 4.69) is 12.2 Å². The van der Waals surface area contributed by atoms with Gasteiger partial charge in [-0.15, -0.1) is 0 Å². The van der Waals surface area contributed by atoms with Gasteiger partial charge in [0.1, 0.15) is 0 Å². The minimum absolute atomic E-state index is 0.592. The molecule has 0 aliphatic heterocycles. The predicted molar refractivity (Wildman–Crippen MR) is 74.7 cm³/mol. The number of unbranched alkanes of at least 4 members (excludes halogenated alkanes) is 1. The zero-order valence-corrected chi connectivity index (χ0v) is 11.1. The second kappa shape index (κ2) is 8.20. The Labute approximate surface area is 108 Å². The number of benzene rings is 1. The Morgan fingerprint density at radius 1 is 1.29 bits per heavy atom. The highest BCUT2D eigenvalue weighted by molar-refractivity contribution is 6.33. The molecule has 0 saturated heterocycles. The van der Waals surface area contributed by atoms with Gasteiger partial charge in [0.2, 0.25) is 0 Å². The molecule has 0 saturated carbocycles. The molecule has 0 unspecified atom stereocenters. The molecular weight excluding hydrogens is 236 g/mol. The Balaban J connectivity index is 2.11. The van der Waals surface area contributed by atoms with Gasteiger partial charge in [0.15, 0.2) is 0 Å². The van der Waals surface area contributed by atoms with Crippen LogP contribution in [0.3, 0.4) is 0 Å². The van der Waals surface area contributed by atoms with Gasteiger partial charge in [-0.3, -0.25) is 0 Å². The number of rotatable bonds is 8. The van der Waals surface area contributed by atoms with Crippen molar-refractivity contribution in [2.45, 2.75) is 26.2 Å². The summed E-state index contributed by atoms with van der Waals surface area (Å²) in [7, 11) is 0. The second-order valence-corrected chi connectivity index (χ2v) is 4.39. The molecule has 0 aliphatic carbocycles. The van der Waals surface area contributed by atoms with Crippen molar-refractivity contribution in [3.8, 4) is 0 Å². The van der Waals surface area contributed by atoms with Crippen LogP contribution in [0.25, 0.3) is 0 Å². The Kier molecular flexibility index (Phi) is 6.82. The van der Waals surface area contributed by atoms with E-state index in [4.69, 9.17) is 22.1 Å². The molecule has 4 heteroatoms. The van der Waals surface area contributed by atoms with Crippen molar-refractivity contribution in [3.63, 3.8) is 0 Å². The van der Waals surface area contributed by atoms with E-state index in [0.717, 1.165) is 38.3 Å². The number of halogens is 1. The van der Waals surface area contributed by atoms with E-state index in [0.29, 0.717) is 10.7 Å². The molecule has 0 spiro atoms. The molecular formula is C13H21ClN2O. The molecule has 0 atom stereocenters. The lowest BCUT2D eigenvalue weighted by Gasteiger charge is -2.08. The van der Waals surface area contributed by atoms with Crippen LogP contribution in [0.1, 0.15) is 26.2 Å². The van der Waals surface area contributed by atoms with Crippen LogP contribution in [0.2, 0.25) is 5.02 Å². The van der Waals surface area contributed by atoms with E-state index in [-0.39, 0.29) is 0 Å². The molecule has 17 heavy (non-hydrogen) atoms. The summed E-state index contributed by atoms with van der Waals surface area (Å²) in [6, 6.07) is 5.58. The molecule has 1 aromatic carbocycles. The van der Waals surface area contributed by atoms with Crippen molar-refractivity contribution >= 4 is 23.0 Å². The van der Waals surface area contributed by atoms with Crippen LogP contribution in [0.15, 0.2) is 18.2 Å². The minimum atomic E-state index is 0.592. The molecule has 0 amide bonds. The molecule has 1 aromatic rings. The lowest BCUT2D eigenvalue weighted by atomic mass is 10.3. The zero-order chi connectivity index (χ0) is 12.5. The number of ether oxygens (including phenoxy) is 1. The Morgan fingerprint density at radius 2 is 2.06 bits per heavy atom. The first-order chi connectivity index (χ1) is 8.24. The largest absolute Gasteiger partial charge is 0.398 e. The predicted octanol–water partition coefficient (Wildman–Crippen LogP) is 3.54. The highest BCUT2D eigenvalue weighted by Crippen LogP contribution is 2.22. The summed E-state index contributed by atoms with van der Waals surface area (Å²) in [5.41, 5.74) is 7.24. The van der Waals surface area contributed by atoms with Gasteiger partial charge in [0.25, 0.3) is 0 Å². The van der Waals surface area contributed by atoms with Crippen molar-refractivity contribution in [3.05, 3.63) is 23.2 Å². The zero-order valence-electron chi connectivity index (χ0n) is 10.3. The molecule has 0 heterocycles. The average molecular weight is 257 g/mol. The first-order valence-corrected chi connectivity index (χ1v) is 6.48. The van der Waals surface area contributed by atoms with Gasteiger partial charge in [-0.2, -0.15) is 0 Å². The number of anilines is 2. The Bertz CT molecular complexity index is 331. The molecule has 0 radical (unpaired) electrons. The number of hydrogen-bond acceptors (Lipinski definition) is 3. The summed E-state index contributed by atoms with van der Waals surface area (Å²) in [6.07, 6.45) is 3.31. The topological polar surface area (TPSA) is 47.3 Å². The third kappa shape index (κ3) is 5.80. The van der Waals surface area contributed by atoms with E-state index in [1.165, 1.54) is 6.42 Å². The first kappa shape index (κ1) is 14.1. The van der Waals surface area contributed by atoms with Gasteiger partial charge in [-0.1, -0.05) is 24.9 Å². The maximum Gasteiger partial charge on any atom is 0.0655 e. The first-order valence-electron chi connectivity index (χ1n) is 6.10. The van der Waals surface area contributed by atoms with Crippen molar-refractivity contribution in [2.24, 2.45) is 0 Å². The third-order valence-electron chi connectivity index (χ3n) is 2.44. The molecule has 0 fully saturated rings. The van der Waals surface area contributed by atoms with Crippen molar-refractivity contribution in [2.75, 3.05) is 30.8 Å². The molecule has 3 nitrogen and oxygen atoms in total. The quantitative estimate of drug-likeness (QED) is 0.552. The van der Waals surface area contributed by atoms with Crippen molar-refractivity contribution < 1.29 is 4.74 Å². The second-order valence-electron chi connectivity index (χ2n) is 3.98.